The van der Waals surface area contributed by atoms with Crippen LogP contribution >= 0.6 is 0 Å². The monoisotopic (exact) mass is 441 g/mol. The van der Waals surface area contributed by atoms with Crippen LogP contribution in [0.4, 0.5) is 0 Å². The Morgan fingerprint density at radius 3 is 2.19 bits per heavy atom. The fourth-order valence-electron chi connectivity index (χ4n) is 3.97. The summed E-state index contributed by atoms with van der Waals surface area (Å²) in [4.78, 5) is 38.1. The second-order valence-electron chi connectivity index (χ2n) is 7.64. The number of hydrogen-bond donors (Lipinski definition) is 2. The largest absolute Gasteiger partial charge is 0.463 e. The van der Waals surface area contributed by atoms with Crippen molar-refractivity contribution >= 4 is 17.8 Å². The average Bonchev–Trinajstić information content (AvgIpc) is 3.04. The van der Waals surface area contributed by atoms with Crippen molar-refractivity contribution in [2.24, 2.45) is 0 Å². The standard InChI is InChI=1S/C23H23NO8/c1-13(25)30-12-17-19(26)20(31-11-14-7-3-2-4-8-14)18(23(29)32-17)24-21(27)15-9-5-6-10-16(15)22(24)28/h2-10,17-20,23,26,29H,11-12H2,1H3/t17-,18+,19-,20-,23+/m1/s1. The number of rotatable bonds is 6. The van der Waals surface area contributed by atoms with Gasteiger partial charge in [0, 0.05) is 6.92 Å². The molecule has 0 unspecified atom stereocenters. The van der Waals surface area contributed by atoms with Crippen LogP contribution in [0.3, 0.4) is 0 Å². The van der Waals surface area contributed by atoms with Gasteiger partial charge in [0.25, 0.3) is 11.8 Å². The highest BCUT2D eigenvalue weighted by Gasteiger charge is 2.53. The third kappa shape index (κ3) is 4.15. The van der Waals surface area contributed by atoms with Gasteiger partial charge in [-0.15, -0.1) is 0 Å². The molecule has 9 nitrogen and oxygen atoms in total. The molecule has 2 aliphatic heterocycles. The Bertz CT molecular complexity index is 975. The van der Waals surface area contributed by atoms with Crippen LogP contribution in [0.2, 0.25) is 0 Å². The molecule has 4 rings (SSSR count). The summed E-state index contributed by atoms with van der Waals surface area (Å²) < 4.78 is 16.3. The lowest BCUT2D eigenvalue weighted by atomic mass is 9.95. The fraction of sp³-hybridized carbons (Fsp3) is 0.348. The predicted molar refractivity (Wildman–Crippen MR) is 109 cm³/mol. The summed E-state index contributed by atoms with van der Waals surface area (Å²) in [5, 5.41) is 21.7. The molecule has 1 fully saturated rings. The van der Waals surface area contributed by atoms with Crippen LogP contribution in [-0.2, 0) is 25.6 Å². The van der Waals surface area contributed by atoms with Crippen LogP contribution < -0.4 is 0 Å². The molecule has 0 bridgehead atoms. The Morgan fingerprint density at radius 2 is 1.59 bits per heavy atom. The molecule has 5 atom stereocenters. The smallest absolute Gasteiger partial charge is 0.302 e. The molecular formula is C23H23NO8. The highest BCUT2D eigenvalue weighted by molar-refractivity contribution is 6.21. The maximum atomic E-state index is 13.0. The molecular weight excluding hydrogens is 418 g/mol. The minimum atomic E-state index is -1.66. The second-order valence-corrected chi connectivity index (χ2v) is 7.64. The zero-order chi connectivity index (χ0) is 22.8. The van der Waals surface area contributed by atoms with E-state index >= 15 is 0 Å². The van der Waals surface area contributed by atoms with Gasteiger partial charge in [-0.05, 0) is 17.7 Å². The summed E-state index contributed by atoms with van der Waals surface area (Å²) >= 11 is 0. The molecule has 0 aliphatic carbocycles. The normalized spacial score (nSPS) is 27.3. The molecule has 2 aromatic rings. The van der Waals surface area contributed by atoms with Gasteiger partial charge in [-0.3, -0.25) is 19.3 Å². The van der Waals surface area contributed by atoms with Crippen LogP contribution in [0.5, 0.6) is 0 Å². The van der Waals surface area contributed by atoms with Gasteiger partial charge in [-0.2, -0.15) is 0 Å². The number of aliphatic hydroxyl groups excluding tert-OH is 2. The first-order valence-corrected chi connectivity index (χ1v) is 10.2. The summed E-state index contributed by atoms with van der Waals surface area (Å²) in [5.41, 5.74) is 1.18. The first-order chi connectivity index (χ1) is 15.4. The van der Waals surface area contributed by atoms with E-state index in [4.69, 9.17) is 14.2 Å². The van der Waals surface area contributed by atoms with E-state index in [1.165, 1.54) is 19.1 Å². The average molecular weight is 441 g/mol. The van der Waals surface area contributed by atoms with Gasteiger partial charge in [0.2, 0.25) is 0 Å². The highest BCUT2D eigenvalue weighted by atomic mass is 16.6. The maximum absolute atomic E-state index is 13.0. The van der Waals surface area contributed by atoms with Gasteiger partial charge in [0.1, 0.15) is 31.0 Å². The van der Waals surface area contributed by atoms with Crippen LogP contribution in [-0.4, -0.2) is 70.1 Å². The number of aliphatic hydroxyl groups is 2. The third-order valence-electron chi connectivity index (χ3n) is 5.52. The Balaban J connectivity index is 1.63. The van der Waals surface area contributed by atoms with E-state index in [9.17, 15) is 24.6 Å². The van der Waals surface area contributed by atoms with E-state index in [2.05, 4.69) is 0 Å². The zero-order valence-corrected chi connectivity index (χ0v) is 17.3. The van der Waals surface area contributed by atoms with Gasteiger partial charge in [0.05, 0.1) is 17.7 Å². The first-order valence-electron chi connectivity index (χ1n) is 10.2. The molecule has 0 saturated carbocycles. The van der Waals surface area contributed by atoms with Crippen molar-refractivity contribution in [3.63, 3.8) is 0 Å². The molecule has 2 heterocycles. The van der Waals surface area contributed by atoms with Gasteiger partial charge in [-0.1, -0.05) is 42.5 Å². The highest BCUT2D eigenvalue weighted by Crippen LogP contribution is 2.33. The van der Waals surface area contributed by atoms with Crippen molar-refractivity contribution < 1.29 is 38.8 Å². The van der Waals surface area contributed by atoms with E-state index in [0.29, 0.717) is 0 Å². The summed E-state index contributed by atoms with van der Waals surface area (Å²) in [6, 6.07) is 14.1. The number of carbonyl (C=O) groups excluding carboxylic acids is 3. The van der Waals surface area contributed by atoms with Crippen LogP contribution in [0, 0.1) is 0 Å². The summed E-state index contributed by atoms with van der Waals surface area (Å²) in [6.45, 7) is 0.930. The predicted octanol–water partition coefficient (Wildman–Crippen LogP) is 0.878. The zero-order valence-electron chi connectivity index (χ0n) is 17.3. The summed E-state index contributed by atoms with van der Waals surface area (Å²) in [5.74, 6) is -1.81. The summed E-state index contributed by atoms with van der Waals surface area (Å²) in [6.07, 6.45) is -5.36. The minimum Gasteiger partial charge on any atom is -0.463 e. The lowest BCUT2D eigenvalue weighted by Gasteiger charge is -2.45. The molecule has 2 amide bonds. The molecule has 168 valence electrons. The molecule has 32 heavy (non-hydrogen) atoms. The van der Waals surface area contributed by atoms with Crippen LogP contribution in [0.1, 0.15) is 33.2 Å². The lowest BCUT2D eigenvalue weighted by molar-refractivity contribution is -0.274. The Labute approximate surface area is 184 Å². The van der Waals surface area contributed by atoms with Crippen molar-refractivity contribution in [1.82, 2.24) is 4.90 Å². The van der Waals surface area contributed by atoms with E-state index in [0.717, 1.165) is 10.5 Å². The number of hydrogen-bond acceptors (Lipinski definition) is 8. The number of benzene rings is 2. The molecule has 9 heteroatoms. The quantitative estimate of drug-likeness (QED) is 0.500. The Kier molecular flexibility index (Phi) is 6.33. The summed E-state index contributed by atoms with van der Waals surface area (Å²) in [7, 11) is 0. The van der Waals surface area contributed by atoms with Crippen LogP contribution in [0.25, 0.3) is 0 Å². The molecule has 0 radical (unpaired) electrons. The molecule has 0 aromatic heterocycles. The van der Waals surface area contributed by atoms with E-state index in [1.54, 1.807) is 12.1 Å². The molecule has 2 N–H and O–H groups in total. The topological polar surface area (TPSA) is 123 Å². The third-order valence-corrected chi connectivity index (χ3v) is 5.52. The van der Waals surface area contributed by atoms with E-state index < -0.39 is 48.4 Å². The lowest BCUT2D eigenvalue weighted by Crippen LogP contribution is -2.66. The van der Waals surface area contributed by atoms with E-state index in [1.807, 2.05) is 30.3 Å². The van der Waals surface area contributed by atoms with Crippen molar-refractivity contribution in [2.45, 2.75) is 44.2 Å². The second kappa shape index (κ2) is 9.17. The molecule has 1 saturated heterocycles. The van der Waals surface area contributed by atoms with Gasteiger partial charge in [-0.25, -0.2) is 0 Å². The Morgan fingerprint density at radius 1 is 1.00 bits per heavy atom. The number of imide groups is 1. The molecule has 0 spiro atoms. The van der Waals surface area contributed by atoms with Gasteiger partial charge in [0.15, 0.2) is 6.29 Å². The fourth-order valence-corrected chi connectivity index (χ4v) is 3.97. The number of amides is 2. The first kappa shape index (κ1) is 22.1. The number of esters is 1. The SMILES string of the molecule is CC(=O)OC[C@H]1O[C@H](O)[C@@H](N2C(=O)c3ccccc3C2=O)[C@@H](OCc2ccccc2)[C@@H]1O. The van der Waals surface area contributed by atoms with Gasteiger partial charge >= 0.3 is 5.97 Å². The van der Waals surface area contributed by atoms with Crippen molar-refractivity contribution in [1.29, 1.82) is 0 Å². The molecule has 2 aliphatic rings. The Hall–Kier alpha value is -3.11. The number of fused-ring (bicyclic) bond motifs is 1. The minimum absolute atomic E-state index is 0.0508. The number of nitrogens with zero attached hydrogens (tertiary/aromatic N) is 1. The van der Waals surface area contributed by atoms with Crippen molar-refractivity contribution in [3.8, 4) is 0 Å². The van der Waals surface area contributed by atoms with Gasteiger partial charge < -0.3 is 24.4 Å². The van der Waals surface area contributed by atoms with Crippen molar-refractivity contribution in [2.75, 3.05) is 6.61 Å². The number of ether oxygens (including phenoxy) is 3. The van der Waals surface area contributed by atoms with Crippen LogP contribution in [0.15, 0.2) is 54.6 Å². The number of carbonyl (C=O) groups is 3. The van der Waals surface area contributed by atoms with E-state index in [-0.39, 0.29) is 24.3 Å². The van der Waals surface area contributed by atoms with Crippen molar-refractivity contribution in [3.05, 3.63) is 71.3 Å². The molecule has 2 aromatic carbocycles. The maximum Gasteiger partial charge on any atom is 0.302 e.